The molecule has 1 aromatic rings. The van der Waals surface area contributed by atoms with E-state index in [-0.39, 0.29) is 12.5 Å². The van der Waals surface area contributed by atoms with Crippen LogP contribution in [0.5, 0.6) is 0 Å². The minimum atomic E-state index is -0.0389. The summed E-state index contributed by atoms with van der Waals surface area (Å²) >= 11 is 2.03. The van der Waals surface area contributed by atoms with Crippen LogP contribution in [0, 0.1) is 0 Å². The number of thioether (sulfide) groups is 1. The summed E-state index contributed by atoms with van der Waals surface area (Å²) in [5.41, 5.74) is 0.979. The largest absolute Gasteiger partial charge is 0.381 e. The molecule has 1 aliphatic rings. The molecule has 100 valence electrons. The molecular weight excluding hydrogens is 248 g/mol. The Kier molecular flexibility index (Phi) is 4.16. The highest BCUT2D eigenvalue weighted by atomic mass is 32.2. The molecule has 18 heavy (non-hydrogen) atoms. The highest BCUT2D eigenvalue weighted by Gasteiger charge is 2.29. The topological polar surface area (TPSA) is 59.0 Å². The van der Waals surface area contributed by atoms with Crippen molar-refractivity contribution in [2.75, 3.05) is 24.7 Å². The van der Waals surface area contributed by atoms with Gasteiger partial charge >= 0.3 is 0 Å². The van der Waals surface area contributed by atoms with Crippen LogP contribution < -0.4 is 10.6 Å². The fraction of sp³-hybridized carbons (Fsp3) is 0.667. The van der Waals surface area contributed by atoms with Crippen molar-refractivity contribution in [3.05, 3.63) is 12.4 Å². The first kappa shape index (κ1) is 13.3. The lowest BCUT2D eigenvalue weighted by Crippen LogP contribution is -2.27. The van der Waals surface area contributed by atoms with Crippen LogP contribution in [0.1, 0.15) is 19.8 Å². The number of aromatic nitrogens is 2. The van der Waals surface area contributed by atoms with Gasteiger partial charge in [-0.25, -0.2) is 0 Å². The Labute approximate surface area is 112 Å². The van der Waals surface area contributed by atoms with Gasteiger partial charge in [-0.3, -0.25) is 9.48 Å². The minimum Gasteiger partial charge on any atom is -0.381 e. The Morgan fingerprint density at radius 1 is 1.67 bits per heavy atom. The molecule has 0 aromatic carbocycles. The monoisotopic (exact) mass is 268 g/mol. The van der Waals surface area contributed by atoms with Gasteiger partial charge in [0.2, 0.25) is 5.91 Å². The van der Waals surface area contributed by atoms with Crippen molar-refractivity contribution < 1.29 is 4.79 Å². The van der Waals surface area contributed by atoms with E-state index in [1.165, 1.54) is 18.6 Å². The average Bonchev–Trinajstić information content (AvgIpc) is 2.97. The van der Waals surface area contributed by atoms with Gasteiger partial charge in [0.1, 0.15) is 6.54 Å². The normalized spacial score (nSPS) is 23.0. The van der Waals surface area contributed by atoms with Gasteiger partial charge in [-0.2, -0.15) is 16.9 Å². The van der Waals surface area contributed by atoms with Crippen LogP contribution in [0.15, 0.2) is 12.4 Å². The van der Waals surface area contributed by atoms with E-state index < -0.39 is 0 Å². The van der Waals surface area contributed by atoms with Crippen LogP contribution in [0.2, 0.25) is 0 Å². The second-order valence-corrected chi connectivity index (χ2v) is 6.54. The van der Waals surface area contributed by atoms with Crippen LogP contribution >= 0.6 is 11.8 Å². The molecule has 2 heterocycles. The highest BCUT2D eigenvalue weighted by Crippen LogP contribution is 2.37. The summed E-state index contributed by atoms with van der Waals surface area (Å²) in [6.07, 6.45) is 6.21. The van der Waals surface area contributed by atoms with Gasteiger partial charge in [-0.05, 0) is 25.5 Å². The number of nitrogens with zero attached hydrogens (tertiary/aromatic N) is 2. The molecule has 0 saturated carbocycles. The molecule has 2 N–H and O–H groups in total. The van der Waals surface area contributed by atoms with Crippen molar-refractivity contribution in [2.24, 2.45) is 0 Å². The standard InChI is InChI=1S/C12H20N4OS/c1-12(4-3-5-18-12)9-14-10-6-15-16(7-10)8-11(17)13-2/h6-7,14H,3-5,8-9H2,1-2H3,(H,13,17). The van der Waals surface area contributed by atoms with Crippen LogP contribution in [0.4, 0.5) is 5.69 Å². The molecule has 1 aliphatic heterocycles. The van der Waals surface area contributed by atoms with Gasteiger partial charge in [0.25, 0.3) is 0 Å². The molecule has 1 unspecified atom stereocenters. The fourth-order valence-corrected chi connectivity index (χ4v) is 3.28. The van der Waals surface area contributed by atoms with E-state index in [0.717, 1.165) is 12.2 Å². The predicted molar refractivity (Wildman–Crippen MR) is 74.9 cm³/mol. The van der Waals surface area contributed by atoms with E-state index in [1.54, 1.807) is 17.9 Å². The van der Waals surface area contributed by atoms with Gasteiger partial charge in [0, 0.05) is 24.5 Å². The van der Waals surface area contributed by atoms with Gasteiger partial charge in [-0.1, -0.05) is 0 Å². The number of anilines is 1. The molecule has 0 aliphatic carbocycles. The Morgan fingerprint density at radius 2 is 2.50 bits per heavy atom. The van der Waals surface area contributed by atoms with Crippen molar-refractivity contribution in [1.29, 1.82) is 0 Å². The third-order valence-electron chi connectivity index (χ3n) is 3.18. The second kappa shape index (κ2) is 5.65. The zero-order valence-corrected chi connectivity index (χ0v) is 11.7. The molecule has 1 aromatic heterocycles. The number of carbonyl (C=O) groups excluding carboxylic acids is 1. The SMILES string of the molecule is CNC(=O)Cn1cc(NCC2(C)CCCS2)cn1. The Bertz CT molecular complexity index is 412. The smallest absolute Gasteiger partial charge is 0.241 e. The lowest BCUT2D eigenvalue weighted by atomic mass is 10.1. The quantitative estimate of drug-likeness (QED) is 0.846. The number of nitrogens with one attached hydrogen (secondary N) is 2. The molecule has 0 radical (unpaired) electrons. The third-order valence-corrected chi connectivity index (χ3v) is 4.72. The Balaban J connectivity index is 1.85. The number of hydrogen-bond acceptors (Lipinski definition) is 4. The van der Waals surface area contributed by atoms with Crippen molar-refractivity contribution in [3.8, 4) is 0 Å². The van der Waals surface area contributed by atoms with E-state index in [4.69, 9.17) is 0 Å². The van der Waals surface area contributed by atoms with E-state index >= 15 is 0 Å². The molecular formula is C12H20N4OS. The number of amides is 1. The first-order valence-corrected chi connectivity index (χ1v) is 7.21. The highest BCUT2D eigenvalue weighted by molar-refractivity contribution is 8.00. The molecule has 5 nitrogen and oxygen atoms in total. The molecule has 6 heteroatoms. The Morgan fingerprint density at radius 3 is 3.17 bits per heavy atom. The molecule has 1 amide bonds. The number of hydrogen-bond donors (Lipinski definition) is 2. The maximum absolute atomic E-state index is 11.2. The van der Waals surface area contributed by atoms with Crippen LogP contribution in [-0.4, -0.2) is 39.8 Å². The lowest BCUT2D eigenvalue weighted by molar-refractivity contribution is -0.121. The number of carbonyl (C=O) groups is 1. The number of rotatable bonds is 5. The van der Waals surface area contributed by atoms with E-state index in [0.29, 0.717) is 4.75 Å². The van der Waals surface area contributed by atoms with E-state index in [9.17, 15) is 4.79 Å². The number of likely N-dealkylation sites (N-methyl/N-ethyl adjacent to an activating group) is 1. The zero-order valence-electron chi connectivity index (χ0n) is 10.9. The molecule has 1 atom stereocenters. The maximum atomic E-state index is 11.2. The zero-order chi connectivity index (χ0) is 13.0. The van der Waals surface area contributed by atoms with Crippen molar-refractivity contribution in [2.45, 2.75) is 31.1 Å². The Hall–Kier alpha value is -1.17. The van der Waals surface area contributed by atoms with Gasteiger partial charge < -0.3 is 10.6 Å². The molecule has 2 rings (SSSR count). The van der Waals surface area contributed by atoms with Gasteiger partial charge in [0.05, 0.1) is 11.9 Å². The average molecular weight is 268 g/mol. The summed E-state index contributed by atoms with van der Waals surface area (Å²) in [4.78, 5) is 11.2. The minimum absolute atomic E-state index is 0.0389. The third kappa shape index (κ3) is 3.41. The predicted octanol–water partition coefficient (Wildman–Crippen LogP) is 1.33. The van der Waals surface area contributed by atoms with Crippen LogP contribution in [-0.2, 0) is 11.3 Å². The van der Waals surface area contributed by atoms with Crippen LogP contribution in [0.25, 0.3) is 0 Å². The van der Waals surface area contributed by atoms with Crippen molar-refractivity contribution in [1.82, 2.24) is 15.1 Å². The summed E-state index contributed by atoms with van der Waals surface area (Å²) in [5, 5.41) is 10.1. The first-order valence-electron chi connectivity index (χ1n) is 6.22. The van der Waals surface area contributed by atoms with E-state index in [2.05, 4.69) is 22.7 Å². The summed E-state index contributed by atoms with van der Waals surface area (Å²) in [6.45, 7) is 3.51. The van der Waals surface area contributed by atoms with Crippen molar-refractivity contribution >= 4 is 23.4 Å². The summed E-state index contributed by atoms with van der Waals surface area (Å²) < 4.78 is 1.98. The van der Waals surface area contributed by atoms with E-state index in [1.807, 2.05) is 18.0 Å². The van der Waals surface area contributed by atoms with Crippen molar-refractivity contribution in [3.63, 3.8) is 0 Å². The molecule has 1 fully saturated rings. The second-order valence-electron chi connectivity index (χ2n) is 4.86. The van der Waals surface area contributed by atoms with Gasteiger partial charge in [0.15, 0.2) is 0 Å². The maximum Gasteiger partial charge on any atom is 0.241 e. The molecule has 0 spiro atoms. The summed E-state index contributed by atoms with van der Waals surface area (Å²) in [6, 6.07) is 0. The fourth-order valence-electron chi connectivity index (χ4n) is 2.03. The summed E-state index contributed by atoms with van der Waals surface area (Å²) in [5.74, 6) is 1.22. The van der Waals surface area contributed by atoms with Gasteiger partial charge in [-0.15, -0.1) is 0 Å². The van der Waals surface area contributed by atoms with Crippen LogP contribution in [0.3, 0.4) is 0 Å². The lowest BCUT2D eigenvalue weighted by Gasteiger charge is -2.22. The first-order chi connectivity index (χ1) is 8.61. The summed E-state index contributed by atoms with van der Waals surface area (Å²) in [7, 11) is 1.63. The molecule has 1 saturated heterocycles. The molecule has 0 bridgehead atoms.